The molecule has 110 valence electrons. The normalized spacial score (nSPS) is 10.5. The minimum absolute atomic E-state index is 0.0104. The molecule has 0 fully saturated rings. The molecule has 0 aliphatic rings. The smallest absolute Gasteiger partial charge is 0.315 e. The van der Waals surface area contributed by atoms with Crippen molar-refractivity contribution in [3.63, 3.8) is 0 Å². The Kier molecular flexibility index (Phi) is 5.64. The molecule has 0 aliphatic heterocycles. The molecule has 0 radical (unpaired) electrons. The first kappa shape index (κ1) is 16.7. The molecule has 2 rings (SSSR count). The van der Waals surface area contributed by atoms with Gasteiger partial charge in [-0.25, -0.2) is 0 Å². The third-order valence-electron chi connectivity index (χ3n) is 2.58. The lowest BCUT2D eigenvalue weighted by Crippen LogP contribution is -2.12. The molecular formula is C14H7Cl5O2. The number of esters is 1. The maximum Gasteiger partial charge on any atom is 0.315 e. The first-order valence-electron chi connectivity index (χ1n) is 5.68. The standard InChI is InChI=1S/C14H7Cl5O2/c15-9-10(16)12(18)14(13(19)11(9)17)21-8(20)6-7-4-2-1-3-5-7/h1-5H,6H2. The number of halogens is 5. The molecule has 0 bridgehead atoms. The quantitative estimate of drug-likeness (QED) is 0.277. The third kappa shape index (κ3) is 3.77. The molecule has 0 saturated heterocycles. The van der Waals surface area contributed by atoms with E-state index >= 15 is 0 Å². The van der Waals surface area contributed by atoms with E-state index in [1.807, 2.05) is 18.2 Å². The van der Waals surface area contributed by atoms with Crippen LogP contribution in [0.3, 0.4) is 0 Å². The molecule has 21 heavy (non-hydrogen) atoms. The van der Waals surface area contributed by atoms with Crippen molar-refractivity contribution in [3.05, 3.63) is 61.0 Å². The molecule has 2 aromatic rings. The van der Waals surface area contributed by atoms with Gasteiger partial charge >= 0.3 is 5.97 Å². The van der Waals surface area contributed by atoms with Gasteiger partial charge in [0, 0.05) is 0 Å². The van der Waals surface area contributed by atoms with Crippen LogP contribution in [0.1, 0.15) is 5.56 Å². The highest BCUT2D eigenvalue weighted by Crippen LogP contribution is 2.48. The maximum absolute atomic E-state index is 11.9. The van der Waals surface area contributed by atoms with Crippen molar-refractivity contribution < 1.29 is 9.53 Å². The van der Waals surface area contributed by atoms with Crippen LogP contribution in [0.4, 0.5) is 0 Å². The van der Waals surface area contributed by atoms with E-state index in [2.05, 4.69) is 0 Å². The van der Waals surface area contributed by atoms with Crippen molar-refractivity contribution in [1.82, 2.24) is 0 Å². The Morgan fingerprint density at radius 2 is 1.29 bits per heavy atom. The second-order valence-electron chi connectivity index (χ2n) is 4.04. The molecule has 0 spiro atoms. The SMILES string of the molecule is O=C(Cc1ccccc1)Oc1c(Cl)c(Cl)c(Cl)c(Cl)c1Cl. The summed E-state index contributed by atoms with van der Waals surface area (Å²) in [5.41, 5.74) is 0.793. The van der Waals surface area contributed by atoms with Crippen LogP contribution in [-0.4, -0.2) is 5.97 Å². The van der Waals surface area contributed by atoms with Crippen molar-refractivity contribution in [2.45, 2.75) is 6.42 Å². The molecule has 0 aliphatic carbocycles. The molecule has 2 aromatic carbocycles. The summed E-state index contributed by atoms with van der Waals surface area (Å²) in [7, 11) is 0. The number of hydrogen-bond donors (Lipinski definition) is 0. The summed E-state index contributed by atoms with van der Waals surface area (Å²) in [6.07, 6.45) is 0.0609. The summed E-state index contributed by atoms with van der Waals surface area (Å²) in [5, 5.41) is -0.142. The van der Waals surface area contributed by atoms with E-state index in [4.69, 9.17) is 62.7 Å². The third-order valence-corrected chi connectivity index (χ3v) is 4.82. The van der Waals surface area contributed by atoms with Gasteiger partial charge in [-0.05, 0) is 5.56 Å². The summed E-state index contributed by atoms with van der Waals surface area (Å²) in [4.78, 5) is 11.9. The van der Waals surface area contributed by atoms with Crippen LogP contribution in [0, 0.1) is 0 Å². The van der Waals surface area contributed by atoms with Gasteiger partial charge in [-0.1, -0.05) is 88.3 Å². The fourth-order valence-electron chi connectivity index (χ4n) is 1.59. The number of benzene rings is 2. The van der Waals surface area contributed by atoms with Crippen molar-refractivity contribution in [2.24, 2.45) is 0 Å². The van der Waals surface area contributed by atoms with Crippen LogP contribution in [-0.2, 0) is 11.2 Å². The van der Waals surface area contributed by atoms with Crippen LogP contribution in [0.25, 0.3) is 0 Å². The molecule has 0 aromatic heterocycles. The monoisotopic (exact) mass is 382 g/mol. The van der Waals surface area contributed by atoms with Gasteiger partial charge in [0.2, 0.25) is 0 Å². The minimum Gasteiger partial charge on any atom is -0.423 e. The number of hydrogen-bond acceptors (Lipinski definition) is 2. The lowest BCUT2D eigenvalue weighted by atomic mass is 10.2. The molecule has 0 unspecified atom stereocenters. The first-order chi connectivity index (χ1) is 9.91. The first-order valence-corrected chi connectivity index (χ1v) is 7.56. The van der Waals surface area contributed by atoms with Gasteiger partial charge in [-0.15, -0.1) is 0 Å². The average Bonchev–Trinajstić information content (AvgIpc) is 2.48. The predicted octanol–water partition coefficient (Wildman–Crippen LogP) is 6.10. The molecule has 2 nitrogen and oxygen atoms in total. The summed E-state index contributed by atoms with van der Waals surface area (Å²) in [6, 6.07) is 9.08. The van der Waals surface area contributed by atoms with Gasteiger partial charge in [0.25, 0.3) is 0 Å². The fourth-order valence-corrected chi connectivity index (χ4v) is 2.79. The summed E-state index contributed by atoms with van der Waals surface area (Å²) < 4.78 is 5.17. The highest BCUT2D eigenvalue weighted by atomic mass is 35.5. The Balaban J connectivity index is 2.26. The van der Waals surface area contributed by atoms with Gasteiger partial charge in [0.1, 0.15) is 10.0 Å². The Morgan fingerprint density at radius 1 is 0.810 bits per heavy atom. The summed E-state index contributed by atoms with van der Waals surface area (Å²) in [5.74, 6) is -0.641. The van der Waals surface area contributed by atoms with Crippen LogP contribution in [0.15, 0.2) is 30.3 Å². The Bertz CT molecular complexity index is 657. The van der Waals surface area contributed by atoms with E-state index < -0.39 is 5.97 Å². The van der Waals surface area contributed by atoms with Crippen LogP contribution in [0.2, 0.25) is 25.1 Å². The molecular weight excluding hydrogens is 377 g/mol. The van der Waals surface area contributed by atoms with Gasteiger partial charge < -0.3 is 4.74 Å². The van der Waals surface area contributed by atoms with E-state index in [0.29, 0.717) is 0 Å². The highest BCUT2D eigenvalue weighted by molar-refractivity contribution is 6.55. The lowest BCUT2D eigenvalue weighted by molar-refractivity contribution is -0.133. The van der Waals surface area contributed by atoms with Gasteiger partial charge in [0.15, 0.2) is 5.75 Å². The summed E-state index contributed by atoms with van der Waals surface area (Å²) >= 11 is 29.6. The maximum atomic E-state index is 11.9. The van der Waals surface area contributed by atoms with Crippen LogP contribution < -0.4 is 4.74 Å². The zero-order valence-corrected chi connectivity index (χ0v) is 14.1. The minimum atomic E-state index is -0.542. The number of carbonyl (C=O) groups is 1. The second-order valence-corrected chi connectivity index (χ2v) is 5.93. The largest absolute Gasteiger partial charge is 0.423 e. The molecule has 0 atom stereocenters. The molecule has 7 heteroatoms. The lowest BCUT2D eigenvalue weighted by Gasteiger charge is -2.12. The zero-order chi connectivity index (χ0) is 15.6. The Hall–Kier alpha value is -0.640. The van der Waals surface area contributed by atoms with Crippen molar-refractivity contribution >= 4 is 64.0 Å². The van der Waals surface area contributed by atoms with Gasteiger partial charge in [-0.2, -0.15) is 0 Å². The topological polar surface area (TPSA) is 26.3 Å². The fraction of sp³-hybridized carbons (Fsp3) is 0.0714. The van der Waals surface area contributed by atoms with E-state index in [9.17, 15) is 4.79 Å². The number of ether oxygens (including phenoxy) is 1. The van der Waals surface area contributed by atoms with Gasteiger partial charge in [0.05, 0.1) is 21.5 Å². The Morgan fingerprint density at radius 3 is 1.81 bits per heavy atom. The molecule has 0 N–H and O–H groups in total. The van der Waals surface area contributed by atoms with E-state index in [1.54, 1.807) is 12.1 Å². The Labute approximate surface area is 146 Å². The van der Waals surface area contributed by atoms with Crippen molar-refractivity contribution in [1.29, 1.82) is 0 Å². The zero-order valence-electron chi connectivity index (χ0n) is 10.3. The van der Waals surface area contributed by atoms with Crippen molar-refractivity contribution in [2.75, 3.05) is 0 Å². The van der Waals surface area contributed by atoms with E-state index in [0.717, 1.165) is 5.56 Å². The second kappa shape index (κ2) is 7.08. The average molecular weight is 384 g/mol. The highest BCUT2D eigenvalue weighted by Gasteiger charge is 2.22. The molecule has 0 heterocycles. The molecule has 0 saturated carbocycles. The van der Waals surface area contributed by atoms with Gasteiger partial charge in [-0.3, -0.25) is 4.79 Å². The van der Waals surface area contributed by atoms with Crippen LogP contribution in [0.5, 0.6) is 5.75 Å². The van der Waals surface area contributed by atoms with Crippen LogP contribution >= 0.6 is 58.0 Å². The predicted molar refractivity (Wildman–Crippen MR) is 87.3 cm³/mol. The molecule has 0 amide bonds. The van der Waals surface area contributed by atoms with E-state index in [1.165, 1.54) is 0 Å². The van der Waals surface area contributed by atoms with E-state index in [-0.39, 0.29) is 37.3 Å². The summed E-state index contributed by atoms with van der Waals surface area (Å²) in [6.45, 7) is 0. The number of carbonyl (C=O) groups excluding carboxylic acids is 1. The number of rotatable bonds is 3. The van der Waals surface area contributed by atoms with Crippen molar-refractivity contribution in [3.8, 4) is 5.75 Å².